The van der Waals surface area contributed by atoms with Crippen molar-refractivity contribution in [3.05, 3.63) is 23.8 Å². The summed E-state index contributed by atoms with van der Waals surface area (Å²) in [6.07, 6.45) is 0.976. The fourth-order valence-corrected chi connectivity index (χ4v) is 1.33. The van der Waals surface area contributed by atoms with Crippen LogP contribution in [0.15, 0.2) is 18.2 Å². The third-order valence-electron chi connectivity index (χ3n) is 2.53. The summed E-state index contributed by atoms with van der Waals surface area (Å²) < 4.78 is 10.8. The predicted octanol–water partition coefficient (Wildman–Crippen LogP) is 2.05. The highest BCUT2D eigenvalue weighted by atomic mass is 16.5. The van der Waals surface area contributed by atoms with E-state index < -0.39 is 6.61 Å². The molecule has 0 radical (unpaired) electrons. The molecule has 1 aromatic carbocycles. The first kappa shape index (κ1) is 13.5. The minimum Gasteiger partial charge on any atom is -0.493 e. The zero-order valence-corrected chi connectivity index (χ0v) is 10.4. The maximum absolute atomic E-state index is 11.3. The molecule has 1 N–H and O–H groups in total. The zero-order valence-electron chi connectivity index (χ0n) is 10.4. The molecule has 0 aliphatic heterocycles. The molecule has 1 unspecified atom stereocenters. The van der Waals surface area contributed by atoms with Crippen LogP contribution >= 0.6 is 0 Å². The molecule has 0 aromatic heterocycles. The lowest BCUT2D eigenvalue weighted by atomic mass is 10.1. The molecule has 4 nitrogen and oxygen atoms in total. The van der Waals surface area contributed by atoms with E-state index >= 15 is 0 Å². The van der Waals surface area contributed by atoms with Crippen LogP contribution in [0.1, 0.15) is 30.6 Å². The van der Waals surface area contributed by atoms with Crippen LogP contribution in [0.2, 0.25) is 0 Å². The number of aliphatic hydroxyl groups is 1. The number of Topliss-reactive ketones (excluding diaryl/α,β-unsaturated/α-hetero) is 1. The van der Waals surface area contributed by atoms with E-state index in [2.05, 4.69) is 0 Å². The maximum Gasteiger partial charge on any atom is 0.188 e. The second kappa shape index (κ2) is 6.25. The van der Waals surface area contributed by atoms with Crippen LogP contribution in [0.5, 0.6) is 11.5 Å². The second-order valence-electron chi connectivity index (χ2n) is 3.78. The fraction of sp³-hybridized carbons (Fsp3) is 0.462. The average Bonchev–Trinajstić information content (AvgIpc) is 2.37. The van der Waals surface area contributed by atoms with Gasteiger partial charge in [0.2, 0.25) is 0 Å². The van der Waals surface area contributed by atoms with Crippen molar-refractivity contribution in [1.82, 2.24) is 0 Å². The highest BCUT2D eigenvalue weighted by molar-refractivity contribution is 5.97. The third-order valence-corrected chi connectivity index (χ3v) is 2.53. The van der Waals surface area contributed by atoms with Crippen molar-refractivity contribution in [1.29, 1.82) is 0 Å². The topological polar surface area (TPSA) is 55.8 Å². The van der Waals surface area contributed by atoms with Gasteiger partial charge in [-0.15, -0.1) is 0 Å². The lowest BCUT2D eigenvalue weighted by Crippen LogP contribution is -2.11. The summed E-state index contributed by atoms with van der Waals surface area (Å²) in [4.78, 5) is 11.3. The highest BCUT2D eigenvalue weighted by Crippen LogP contribution is 2.29. The van der Waals surface area contributed by atoms with Crippen LogP contribution in [-0.4, -0.2) is 30.7 Å². The first-order valence-electron chi connectivity index (χ1n) is 5.61. The van der Waals surface area contributed by atoms with Crippen LogP contribution in [-0.2, 0) is 0 Å². The highest BCUT2D eigenvalue weighted by Gasteiger charge is 2.11. The minimum atomic E-state index is -0.505. The van der Waals surface area contributed by atoms with Gasteiger partial charge in [0, 0.05) is 5.56 Å². The van der Waals surface area contributed by atoms with E-state index in [9.17, 15) is 4.79 Å². The fourth-order valence-electron chi connectivity index (χ4n) is 1.33. The van der Waals surface area contributed by atoms with Crippen LogP contribution in [0.4, 0.5) is 0 Å². The van der Waals surface area contributed by atoms with E-state index in [4.69, 9.17) is 14.6 Å². The van der Waals surface area contributed by atoms with Gasteiger partial charge in [-0.1, -0.05) is 6.92 Å². The molecule has 0 aliphatic rings. The van der Waals surface area contributed by atoms with Crippen molar-refractivity contribution < 1.29 is 19.4 Å². The van der Waals surface area contributed by atoms with Crippen LogP contribution in [0.25, 0.3) is 0 Å². The number of aliphatic hydroxyl groups excluding tert-OH is 1. The Bertz CT molecular complexity index is 387. The standard InChI is InChI=1S/C13H18O4/c1-4-9(2)17-12-6-5-10(11(15)8-14)7-13(12)16-3/h5-7,9,14H,4,8H2,1-3H3. The molecule has 0 heterocycles. The Morgan fingerprint density at radius 3 is 2.65 bits per heavy atom. The first-order valence-corrected chi connectivity index (χ1v) is 5.61. The van der Waals surface area contributed by atoms with E-state index in [0.717, 1.165) is 6.42 Å². The summed E-state index contributed by atoms with van der Waals surface area (Å²) in [5.41, 5.74) is 0.417. The molecule has 0 spiro atoms. The Labute approximate surface area is 101 Å². The molecule has 17 heavy (non-hydrogen) atoms. The lowest BCUT2D eigenvalue weighted by molar-refractivity contribution is 0.0903. The molecule has 0 fully saturated rings. The molecule has 4 heteroatoms. The van der Waals surface area contributed by atoms with Gasteiger partial charge >= 0.3 is 0 Å². The van der Waals surface area contributed by atoms with Gasteiger partial charge in [-0.3, -0.25) is 4.79 Å². The molecule has 1 rings (SSSR count). The van der Waals surface area contributed by atoms with Crippen molar-refractivity contribution >= 4 is 5.78 Å². The molecule has 0 aliphatic carbocycles. The number of benzene rings is 1. The zero-order chi connectivity index (χ0) is 12.8. The van der Waals surface area contributed by atoms with E-state index in [0.29, 0.717) is 17.1 Å². The van der Waals surface area contributed by atoms with E-state index in [1.165, 1.54) is 7.11 Å². The second-order valence-corrected chi connectivity index (χ2v) is 3.78. The monoisotopic (exact) mass is 238 g/mol. The van der Waals surface area contributed by atoms with Gasteiger partial charge in [0.15, 0.2) is 17.3 Å². The quantitative estimate of drug-likeness (QED) is 0.771. The Balaban J connectivity index is 2.97. The molecule has 0 saturated carbocycles. The Morgan fingerprint density at radius 2 is 2.12 bits per heavy atom. The molecule has 1 atom stereocenters. The van der Waals surface area contributed by atoms with Gasteiger partial charge < -0.3 is 14.6 Å². The number of rotatable bonds is 6. The van der Waals surface area contributed by atoms with Crippen molar-refractivity contribution in [2.24, 2.45) is 0 Å². The number of ether oxygens (including phenoxy) is 2. The number of hydrogen-bond acceptors (Lipinski definition) is 4. The minimum absolute atomic E-state index is 0.0864. The Kier molecular flexibility index (Phi) is 4.97. The average molecular weight is 238 g/mol. The SMILES string of the molecule is CCC(C)Oc1ccc(C(=O)CO)cc1OC. The van der Waals surface area contributed by atoms with Crippen molar-refractivity contribution in [2.75, 3.05) is 13.7 Å². The third kappa shape index (κ3) is 3.46. The van der Waals surface area contributed by atoms with Crippen molar-refractivity contribution in [2.45, 2.75) is 26.4 Å². The summed E-state index contributed by atoms with van der Waals surface area (Å²) in [7, 11) is 1.52. The molecule has 0 amide bonds. The molecular weight excluding hydrogens is 220 g/mol. The van der Waals surface area contributed by atoms with E-state index in [1.807, 2.05) is 13.8 Å². The predicted molar refractivity (Wildman–Crippen MR) is 64.8 cm³/mol. The summed E-state index contributed by atoms with van der Waals surface area (Å²) in [5, 5.41) is 8.78. The first-order chi connectivity index (χ1) is 8.12. The smallest absolute Gasteiger partial charge is 0.188 e. The van der Waals surface area contributed by atoms with Gasteiger partial charge in [0.05, 0.1) is 13.2 Å². The normalized spacial score (nSPS) is 12.0. The van der Waals surface area contributed by atoms with E-state index in [-0.39, 0.29) is 11.9 Å². The number of hydrogen-bond donors (Lipinski definition) is 1. The number of carbonyl (C=O) groups is 1. The summed E-state index contributed by atoms with van der Waals surface area (Å²) in [6, 6.07) is 4.89. The summed E-state index contributed by atoms with van der Waals surface area (Å²) in [6.45, 7) is 3.49. The number of carbonyl (C=O) groups excluding carboxylic acids is 1. The van der Waals surface area contributed by atoms with Crippen molar-refractivity contribution in [3.63, 3.8) is 0 Å². The summed E-state index contributed by atoms with van der Waals surface area (Å²) in [5.74, 6) is 0.777. The molecule has 0 bridgehead atoms. The Hall–Kier alpha value is -1.55. The van der Waals surface area contributed by atoms with Gasteiger partial charge in [0.25, 0.3) is 0 Å². The molecule has 0 saturated heterocycles. The summed E-state index contributed by atoms with van der Waals surface area (Å²) >= 11 is 0. The number of ketones is 1. The van der Waals surface area contributed by atoms with Crippen LogP contribution < -0.4 is 9.47 Å². The molecule has 94 valence electrons. The maximum atomic E-state index is 11.3. The molecule has 1 aromatic rings. The van der Waals surface area contributed by atoms with Gasteiger partial charge in [0.1, 0.15) is 6.61 Å². The van der Waals surface area contributed by atoms with Gasteiger partial charge in [-0.25, -0.2) is 0 Å². The Morgan fingerprint density at radius 1 is 1.41 bits per heavy atom. The largest absolute Gasteiger partial charge is 0.493 e. The lowest BCUT2D eigenvalue weighted by Gasteiger charge is -2.15. The van der Waals surface area contributed by atoms with Crippen LogP contribution in [0, 0.1) is 0 Å². The van der Waals surface area contributed by atoms with E-state index in [1.54, 1.807) is 18.2 Å². The number of methoxy groups -OCH3 is 1. The van der Waals surface area contributed by atoms with Gasteiger partial charge in [-0.2, -0.15) is 0 Å². The molecular formula is C13H18O4. The van der Waals surface area contributed by atoms with Crippen LogP contribution in [0.3, 0.4) is 0 Å². The van der Waals surface area contributed by atoms with Gasteiger partial charge in [-0.05, 0) is 31.5 Å². The van der Waals surface area contributed by atoms with Crippen molar-refractivity contribution in [3.8, 4) is 11.5 Å².